The van der Waals surface area contributed by atoms with Gasteiger partial charge in [0.1, 0.15) is 12.4 Å². The molecule has 0 atom stereocenters. The molecule has 0 saturated heterocycles. The van der Waals surface area contributed by atoms with E-state index in [1.165, 1.54) is 6.20 Å². The van der Waals surface area contributed by atoms with Crippen LogP contribution in [0, 0.1) is 0 Å². The van der Waals surface area contributed by atoms with Crippen molar-refractivity contribution in [2.75, 3.05) is 13.7 Å². The summed E-state index contributed by atoms with van der Waals surface area (Å²) in [6, 6.07) is 7.65. The summed E-state index contributed by atoms with van der Waals surface area (Å²) in [6.45, 7) is 4.62. The molecule has 1 aromatic carbocycles. The molecule has 2 aromatic rings. The van der Waals surface area contributed by atoms with Gasteiger partial charge in [-0.1, -0.05) is 24.8 Å². The molecule has 0 radical (unpaired) electrons. The Balaban J connectivity index is 1.95. The maximum atomic E-state index is 12.0. The third-order valence-corrected chi connectivity index (χ3v) is 2.80. The molecule has 5 nitrogen and oxygen atoms in total. The highest BCUT2D eigenvalue weighted by Gasteiger charge is 2.12. The van der Waals surface area contributed by atoms with Crippen molar-refractivity contribution in [3.63, 3.8) is 0 Å². The largest absolute Gasteiger partial charge is 0.490 e. The van der Waals surface area contributed by atoms with Crippen molar-refractivity contribution in [1.29, 1.82) is 0 Å². The minimum absolute atomic E-state index is 0.0641. The van der Waals surface area contributed by atoms with Gasteiger partial charge in [-0.2, -0.15) is 5.10 Å². The fraction of sp³-hybridized carbons (Fsp3) is 0.200. The standard InChI is InChI=1S/C15H17N3O2/c1-3-8-20-14-6-4-12(5-7-14)11-18(2)15(19)13-9-16-17-10-13/h3-7,9-10H,1,8,11H2,2H3,(H,16,17). The average molecular weight is 271 g/mol. The van der Waals surface area contributed by atoms with E-state index < -0.39 is 0 Å². The van der Waals surface area contributed by atoms with E-state index >= 15 is 0 Å². The van der Waals surface area contributed by atoms with E-state index in [9.17, 15) is 4.79 Å². The Hall–Kier alpha value is -2.56. The van der Waals surface area contributed by atoms with Crippen LogP contribution in [0.1, 0.15) is 15.9 Å². The number of rotatable bonds is 6. The third-order valence-electron chi connectivity index (χ3n) is 2.80. The second-order valence-corrected chi connectivity index (χ2v) is 4.39. The van der Waals surface area contributed by atoms with Crippen molar-refractivity contribution in [1.82, 2.24) is 15.1 Å². The Labute approximate surface area is 117 Å². The first-order valence-corrected chi connectivity index (χ1v) is 6.27. The van der Waals surface area contributed by atoms with Crippen LogP contribution < -0.4 is 4.74 Å². The minimum atomic E-state index is -0.0641. The number of hydrogen-bond acceptors (Lipinski definition) is 3. The molecule has 0 saturated carbocycles. The summed E-state index contributed by atoms with van der Waals surface area (Å²) in [5.74, 6) is 0.725. The molecule has 2 rings (SSSR count). The molecular weight excluding hydrogens is 254 g/mol. The van der Waals surface area contributed by atoms with Crippen LogP contribution in [0.2, 0.25) is 0 Å². The lowest BCUT2D eigenvalue weighted by molar-refractivity contribution is 0.0785. The van der Waals surface area contributed by atoms with E-state index in [0.29, 0.717) is 18.7 Å². The van der Waals surface area contributed by atoms with Crippen LogP contribution in [0.5, 0.6) is 5.75 Å². The summed E-state index contributed by atoms with van der Waals surface area (Å²) >= 11 is 0. The molecule has 0 spiro atoms. The number of carbonyl (C=O) groups is 1. The first-order chi connectivity index (χ1) is 9.70. The van der Waals surface area contributed by atoms with E-state index in [4.69, 9.17) is 4.74 Å². The number of aromatic amines is 1. The van der Waals surface area contributed by atoms with Crippen molar-refractivity contribution in [2.24, 2.45) is 0 Å². The van der Waals surface area contributed by atoms with E-state index in [-0.39, 0.29) is 5.91 Å². The molecule has 1 amide bonds. The van der Waals surface area contributed by atoms with Gasteiger partial charge in [0.15, 0.2) is 0 Å². The molecule has 0 aliphatic heterocycles. The minimum Gasteiger partial charge on any atom is -0.490 e. The van der Waals surface area contributed by atoms with E-state index in [1.54, 1.807) is 24.2 Å². The summed E-state index contributed by atoms with van der Waals surface area (Å²) in [4.78, 5) is 13.7. The molecule has 0 unspecified atom stereocenters. The van der Waals surface area contributed by atoms with Crippen molar-refractivity contribution in [2.45, 2.75) is 6.54 Å². The van der Waals surface area contributed by atoms with Crippen LogP contribution in [-0.4, -0.2) is 34.7 Å². The molecule has 0 fully saturated rings. The summed E-state index contributed by atoms with van der Waals surface area (Å²) in [7, 11) is 1.76. The zero-order valence-corrected chi connectivity index (χ0v) is 11.4. The smallest absolute Gasteiger partial charge is 0.257 e. The van der Waals surface area contributed by atoms with Gasteiger partial charge in [-0.25, -0.2) is 0 Å². The molecule has 0 aliphatic rings. The zero-order chi connectivity index (χ0) is 14.4. The highest BCUT2D eigenvalue weighted by atomic mass is 16.5. The van der Waals surface area contributed by atoms with Crippen molar-refractivity contribution in [3.8, 4) is 5.75 Å². The molecule has 5 heteroatoms. The molecule has 0 bridgehead atoms. The Morgan fingerprint density at radius 3 is 2.80 bits per heavy atom. The SMILES string of the molecule is C=CCOc1ccc(CN(C)C(=O)c2cn[nH]c2)cc1. The quantitative estimate of drug-likeness (QED) is 0.820. The van der Waals surface area contributed by atoms with Gasteiger partial charge in [0, 0.05) is 19.8 Å². The molecule has 20 heavy (non-hydrogen) atoms. The van der Waals surface area contributed by atoms with Crippen molar-refractivity contribution in [3.05, 3.63) is 60.4 Å². The van der Waals surface area contributed by atoms with Gasteiger partial charge in [-0.3, -0.25) is 9.89 Å². The summed E-state index contributed by atoms with van der Waals surface area (Å²) in [5, 5.41) is 6.41. The lowest BCUT2D eigenvalue weighted by atomic mass is 10.2. The van der Waals surface area contributed by atoms with E-state index in [0.717, 1.165) is 11.3 Å². The number of amides is 1. The topological polar surface area (TPSA) is 58.2 Å². The first-order valence-electron chi connectivity index (χ1n) is 6.27. The third kappa shape index (κ3) is 3.47. The van der Waals surface area contributed by atoms with Crippen LogP contribution in [0.25, 0.3) is 0 Å². The lowest BCUT2D eigenvalue weighted by Gasteiger charge is -2.16. The lowest BCUT2D eigenvalue weighted by Crippen LogP contribution is -2.25. The van der Waals surface area contributed by atoms with Gasteiger partial charge in [0.05, 0.1) is 11.8 Å². The van der Waals surface area contributed by atoms with Gasteiger partial charge in [0.25, 0.3) is 5.91 Å². The fourth-order valence-electron chi connectivity index (χ4n) is 1.78. The Morgan fingerprint density at radius 1 is 1.45 bits per heavy atom. The maximum absolute atomic E-state index is 12.0. The predicted molar refractivity (Wildman–Crippen MR) is 76.5 cm³/mol. The molecule has 1 N–H and O–H groups in total. The van der Waals surface area contributed by atoms with Gasteiger partial charge in [-0.15, -0.1) is 0 Å². The number of nitrogens with one attached hydrogen (secondary N) is 1. The number of ether oxygens (including phenoxy) is 1. The summed E-state index contributed by atoms with van der Waals surface area (Å²) in [5.41, 5.74) is 1.59. The normalized spacial score (nSPS) is 10.1. The Kier molecular flexibility index (Phi) is 4.55. The number of carbonyl (C=O) groups excluding carboxylic acids is 1. The Morgan fingerprint density at radius 2 is 2.20 bits per heavy atom. The molecule has 0 aliphatic carbocycles. The molecular formula is C15H17N3O2. The van der Waals surface area contributed by atoms with Crippen LogP contribution in [0.3, 0.4) is 0 Å². The molecule has 104 valence electrons. The number of benzene rings is 1. The summed E-state index contributed by atoms with van der Waals surface area (Å²) < 4.78 is 5.41. The highest BCUT2D eigenvalue weighted by molar-refractivity contribution is 5.93. The zero-order valence-electron chi connectivity index (χ0n) is 11.4. The number of H-pyrrole nitrogens is 1. The second kappa shape index (κ2) is 6.56. The Bertz CT molecular complexity index is 561. The second-order valence-electron chi connectivity index (χ2n) is 4.39. The van der Waals surface area contributed by atoms with Crippen LogP contribution in [-0.2, 0) is 6.54 Å². The van der Waals surface area contributed by atoms with Crippen molar-refractivity contribution < 1.29 is 9.53 Å². The predicted octanol–water partition coefficient (Wildman–Crippen LogP) is 2.25. The molecule has 1 heterocycles. The number of hydrogen-bond donors (Lipinski definition) is 1. The maximum Gasteiger partial charge on any atom is 0.257 e. The van der Waals surface area contributed by atoms with Crippen molar-refractivity contribution >= 4 is 5.91 Å². The van der Waals surface area contributed by atoms with Crippen LogP contribution >= 0.6 is 0 Å². The number of aromatic nitrogens is 2. The van der Waals surface area contributed by atoms with E-state index in [2.05, 4.69) is 16.8 Å². The van der Waals surface area contributed by atoms with Gasteiger partial charge >= 0.3 is 0 Å². The van der Waals surface area contributed by atoms with Gasteiger partial charge in [0.2, 0.25) is 0 Å². The fourth-order valence-corrected chi connectivity index (χ4v) is 1.78. The molecule has 1 aromatic heterocycles. The highest BCUT2D eigenvalue weighted by Crippen LogP contribution is 2.14. The average Bonchev–Trinajstić information content (AvgIpc) is 3.00. The first kappa shape index (κ1) is 13.9. The van der Waals surface area contributed by atoms with Gasteiger partial charge in [-0.05, 0) is 17.7 Å². The van der Waals surface area contributed by atoms with Gasteiger partial charge < -0.3 is 9.64 Å². The number of nitrogens with zero attached hydrogens (tertiary/aromatic N) is 2. The van der Waals surface area contributed by atoms with Crippen LogP contribution in [0.15, 0.2) is 49.3 Å². The van der Waals surface area contributed by atoms with Crippen LogP contribution in [0.4, 0.5) is 0 Å². The van der Waals surface area contributed by atoms with E-state index in [1.807, 2.05) is 24.3 Å². The summed E-state index contributed by atoms with van der Waals surface area (Å²) in [6.07, 6.45) is 4.81. The monoisotopic (exact) mass is 271 g/mol.